The summed E-state index contributed by atoms with van der Waals surface area (Å²) >= 11 is 3.47. The molecule has 92 valence electrons. The highest BCUT2D eigenvalue weighted by atomic mass is 79.9. The second-order valence-electron chi connectivity index (χ2n) is 4.57. The van der Waals surface area contributed by atoms with Gasteiger partial charge in [-0.15, -0.1) is 0 Å². The van der Waals surface area contributed by atoms with Crippen LogP contribution in [-0.2, 0) is 9.53 Å². The van der Waals surface area contributed by atoms with Crippen LogP contribution in [-0.4, -0.2) is 18.6 Å². The summed E-state index contributed by atoms with van der Waals surface area (Å²) in [5, 5.41) is 3.31. The van der Waals surface area contributed by atoms with E-state index in [2.05, 4.69) is 21.2 Å². The Hall–Kier alpha value is -1.03. The number of carbonyl (C=O) groups excluding carboxylic acids is 1. The zero-order chi connectivity index (χ0) is 12.5. The lowest BCUT2D eigenvalue weighted by Gasteiger charge is -2.29. The predicted molar refractivity (Wildman–Crippen MR) is 70.9 cm³/mol. The molecule has 2 rings (SSSR count). The lowest BCUT2D eigenvalue weighted by atomic mass is 9.95. The number of nitrogens with one attached hydrogen (secondary N) is 1. The molecule has 1 aliphatic carbocycles. The molecule has 4 heteroatoms. The minimum atomic E-state index is -0.626. The molecule has 1 atom stereocenters. The van der Waals surface area contributed by atoms with Crippen molar-refractivity contribution in [3.05, 3.63) is 28.7 Å². The number of anilines is 1. The van der Waals surface area contributed by atoms with Crippen molar-refractivity contribution in [3.63, 3.8) is 0 Å². The molecule has 1 N–H and O–H groups in total. The summed E-state index contributed by atoms with van der Waals surface area (Å²) in [4.78, 5) is 11.9. The van der Waals surface area contributed by atoms with Gasteiger partial charge in [0.2, 0.25) is 0 Å². The Morgan fingerprint density at radius 2 is 2.12 bits per heavy atom. The standard InChI is InChI=1S/C13H16BrNO2/c1-13(9-7-8-9,12(16)17-2)15-11-6-4-3-5-10(11)14/h3-6,9,15H,7-8H2,1-2H3. The van der Waals surface area contributed by atoms with Crippen molar-refractivity contribution in [2.75, 3.05) is 12.4 Å². The average Bonchev–Trinajstić information content (AvgIpc) is 3.15. The van der Waals surface area contributed by atoms with Gasteiger partial charge in [0.25, 0.3) is 0 Å². The minimum absolute atomic E-state index is 0.198. The Labute approximate surface area is 110 Å². The zero-order valence-corrected chi connectivity index (χ0v) is 11.6. The van der Waals surface area contributed by atoms with Crippen LogP contribution in [0.25, 0.3) is 0 Å². The fraction of sp³-hybridized carbons (Fsp3) is 0.462. The van der Waals surface area contributed by atoms with E-state index in [1.165, 1.54) is 7.11 Å². The number of methoxy groups -OCH3 is 1. The molecule has 0 spiro atoms. The lowest BCUT2D eigenvalue weighted by Crippen LogP contribution is -2.46. The van der Waals surface area contributed by atoms with E-state index < -0.39 is 5.54 Å². The summed E-state index contributed by atoms with van der Waals surface area (Å²) in [7, 11) is 1.44. The van der Waals surface area contributed by atoms with Crippen molar-refractivity contribution in [2.24, 2.45) is 5.92 Å². The van der Waals surface area contributed by atoms with Crippen LogP contribution < -0.4 is 5.32 Å². The van der Waals surface area contributed by atoms with Crippen molar-refractivity contribution in [1.29, 1.82) is 0 Å². The quantitative estimate of drug-likeness (QED) is 0.868. The van der Waals surface area contributed by atoms with E-state index in [-0.39, 0.29) is 5.97 Å². The molecule has 0 aromatic heterocycles. The Bertz CT molecular complexity index is 431. The molecular formula is C13H16BrNO2. The first-order valence-electron chi connectivity index (χ1n) is 5.69. The van der Waals surface area contributed by atoms with Gasteiger partial charge in [-0.25, -0.2) is 4.79 Å². The van der Waals surface area contributed by atoms with Crippen molar-refractivity contribution in [2.45, 2.75) is 25.3 Å². The normalized spacial score (nSPS) is 18.3. The highest BCUT2D eigenvalue weighted by Gasteiger charge is 2.48. The first-order chi connectivity index (χ1) is 8.08. The molecule has 0 bridgehead atoms. The van der Waals surface area contributed by atoms with E-state index in [9.17, 15) is 4.79 Å². The molecule has 0 saturated heterocycles. The Morgan fingerprint density at radius 3 is 2.65 bits per heavy atom. The van der Waals surface area contributed by atoms with E-state index in [0.29, 0.717) is 5.92 Å². The number of hydrogen-bond donors (Lipinski definition) is 1. The number of hydrogen-bond acceptors (Lipinski definition) is 3. The van der Waals surface area contributed by atoms with Gasteiger partial charge in [-0.2, -0.15) is 0 Å². The van der Waals surface area contributed by atoms with Crippen LogP contribution in [0.1, 0.15) is 19.8 Å². The fourth-order valence-electron chi connectivity index (χ4n) is 2.03. The van der Waals surface area contributed by atoms with Gasteiger partial charge in [0.1, 0.15) is 5.54 Å². The predicted octanol–water partition coefficient (Wildman–Crippen LogP) is 3.20. The maximum atomic E-state index is 11.9. The minimum Gasteiger partial charge on any atom is -0.467 e. The monoisotopic (exact) mass is 297 g/mol. The van der Waals surface area contributed by atoms with E-state index in [1.54, 1.807) is 0 Å². The van der Waals surface area contributed by atoms with Crippen molar-refractivity contribution in [3.8, 4) is 0 Å². The van der Waals surface area contributed by atoms with Crippen LogP contribution in [0.2, 0.25) is 0 Å². The van der Waals surface area contributed by atoms with E-state index in [1.807, 2.05) is 31.2 Å². The van der Waals surface area contributed by atoms with Gasteiger partial charge < -0.3 is 10.1 Å². The average molecular weight is 298 g/mol. The molecule has 17 heavy (non-hydrogen) atoms. The maximum Gasteiger partial charge on any atom is 0.331 e. The highest BCUT2D eigenvalue weighted by molar-refractivity contribution is 9.10. The topological polar surface area (TPSA) is 38.3 Å². The smallest absolute Gasteiger partial charge is 0.331 e. The molecule has 1 saturated carbocycles. The second kappa shape index (κ2) is 4.69. The maximum absolute atomic E-state index is 11.9. The zero-order valence-electron chi connectivity index (χ0n) is 10.00. The van der Waals surface area contributed by atoms with Crippen LogP contribution in [0.4, 0.5) is 5.69 Å². The van der Waals surface area contributed by atoms with Gasteiger partial charge in [-0.05, 0) is 53.7 Å². The highest BCUT2D eigenvalue weighted by Crippen LogP contribution is 2.42. The van der Waals surface area contributed by atoms with Crippen LogP contribution in [0, 0.1) is 5.92 Å². The molecule has 0 amide bonds. The SMILES string of the molecule is COC(=O)C(C)(Nc1ccccc1Br)C1CC1. The first kappa shape index (κ1) is 12.4. The summed E-state index contributed by atoms with van der Waals surface area (Å²) in [5.41, 5.74) is 0.297. The summed E-state index contributed by atoms with van der Waals surface area (Å²) in [6.45, 7) is 1.91. The van der Waals surface area contributed by atoms with Crippen LogP contribution in [0.3, 0.4) is 0 Å². The third-order valence-electron chi connectivity index (χ3n) is 3.27. The van der Waals surface area contributed by atoms with E-state index >= 15 is 0 Å². The molecule has 1 unspecified atom stereocenters. The van der Waals surface area contributed by atoms with E-state index in [4.69, 9.17) is 4.74 Å². The Morgan fingerprint density at radius 1 is 1.47 bits per heavy atom. The van der Waals surface area contributed by atoms with Crippen molar-refractivity contribution in [1.82, 2.24) is 0 Å². The van der Waals surface area contributed by atoms with E-state index in [0.717, 1.165) is 23.0 Å². The number of esters is 1. The summed E-state index contributed by atoms with van der Waals surface area (Å²) in [6.07, 6.45) is 2.14. The molecule has 3 nitrogen and oxygen atoms in total. The van der Waals surface area contributed by atoms with Gasteiger partial charge in [0.05, 0.1) is 7.11 Å². The van der Waals surface area contributed by atoms with Crippen LogP contribution in [0.15, 0.2) is 28.7 Å². The number of para-hydroxylation sites is 1. The number of carbonyl (C=O) groups is 1. The molecule has 1 aromatic rings. The van der Waals surface area contributed by atoms with Crippen molar-refractivity contribution >= 4 is 27.6 Å². The number of benzene rings is 1. The Kier molecular flexibility index (Phi) is 3.43. The summed E-state index contributed by atoms with van der Waals surface area (Å²) < 4.78 is 5.87. The van der Waals surface area contributed by atoms with Gasteiger partial charge >= 0.3 is 5.97 Å². The number of ether oxygens (including phenoxy) is 1. The van der Waals surface area contributed by atoms with Gasteiger partial charge in [-0.1, -0.05) is 12.1 Å². The number of rotatable bonds is 4. The van der Waals surface area contributed by atoms with Crippen molar-refractivity contribution < 1.29 is 9.53 Å². The molecule has 1 aliphatic rings. The molecular weight excluding hydrogens is 282 g/mol. The molecule has 0 heterocycles. The molecule has 1 aromatic carbocycles. The number of halogens is 1. The fourth-order valence-corrected chi connectivity index (χ4v) is 2.42. The molecule has 1 fully saturated rings. The second-order valence-corrected chi connectivity index (χ2v) is 5.43. The van der Waals surface area contributed by atoms with Crippen LogP contribution >= 0.6 is 15.9 Å². The Balaban J connectivity index is 2.24. The van der Waals surface area contributed by atoms with Gasteiger partial charge in [-0.3, -0.25) is 0 Å². The summed E-state index contributed by atoms with van der Waals surface area (Å²) in [6, 6.07) is 7.79. The van der Waals surface area contributed by atoms with Gasteiger partial charge in [0, 0.05) is 10.2 Å². The van der Waals surface area contributed by atoms with Crippen LogP contribution in [0.5, 0.6) is 0 Å². The molecule has 0 radical (unpaired) electrons. The summed E-state index contributed by atoms with van der Waals surface area (Å²) in [5.74, 6) is 0.165. The largest absolute Gasteiger partial charge is 0.467 e. The third kappa shape index (κ3) is 2.46. The lowest BCUT2D eigenvalue weighted by molar-refractivity contribution is -0.146. The molecule has 0 aliphatic heterocycles. The first-order valence-corrected chi connectivity index (χ1v) is 6.48. The third-order valence-corrected chi connectivity index (χ3v) is 3.96. The van der Waals surface area contributed by atoms with Gasteiger partial charge in [0.15, 0.2) is 0 Å².